The minimum absolute atomic E-state index is 0.00285. The summed E-state index contributed by atoms with van der Waals surface area (Å²) in [5, 5.41) is 2.12. The summed E-state index contributed by atoms with van der Waals surface area (Å²) >= 11 is 1.35. The second kappa shape index (κ2) is 45.2. The van der Waals surface area contributed by atoms with Gasteiger partial charge in [0.1, 0.15) is 12.2 Å². The molecule has 0 bridgehead atoms. The number of hydrogen-bond acceptors (Lipinski definition) is 8. The molecule has 9 heteroatoms. The largest absolute Gasteiger partial charge is 0.462 e. The maximum absolute atomic E-state index is 12.8. The Hall–Kier alpha value is -1.84. The Balaban J connectivity index is 4.63. The number of ether oxygens (including phenoxy) is 2. The summed E-state index contributed by atoms with van der Waals surface area (Å²) in [4.78, 5) is 40.4. The van der Waals surface area contributed by atoms with Crippen LogP contribution in [0.5, 0.6) is 0 Å². The molecule has 0 heterocycles. The number of carbonyl (C=O) groups is 3. The van der Waals surface area contributed by atoms with Gasteiger partial charge in [0, 0.05) is 51.1 Å². The number of carbonyl (C=O) groups excluding carboxylic acids is 3. The number of nitrogens with zero attached hydrogens (tertiary/aromatic N) is 2. The van der Waals surface area contributed by atoms with E-state index in [0.29, 0.717) is 12.8 Å². The van der Waals surface area contributed by atoms with Crippen LogP contribution in [0.4, 0.5) is 4.79 Å². The number of esters is 2. The summed E-state index contributed by atoms with van der Waals surface area (Å²) in [7, 11) is 4.05. The molecule has 1 amide bonds. The van der Waals surface area contributed by atoms with Crippen LogP contribution < -0.4 is 5.43 Å². The Bertz CT molecular complexity index is 972. The lowest BCUT2D eigenvalue weighted by atomic mass is 10.1. The first kappa shape index (κ1) is 58.2. The number of nitrogens with one attached hydrogen (secondary N) is 1. The first-order chi connectivity index (χ1) is 29.2. The highest BCUT2D eigenvalue weighted by molar-refractivity contribution is 8.13. The summed E-state index contributed by atoms with van der Waals surface area (Å²) in [5.41, 5.74) is 3.16. The molecule has 0 aliphatic rings. The topological polar surface area (TPSA) is 88.2 Å². The van der Waals surface area contributed by atoms with Gasteiger partial charge in [-0.1, -0.05) is 166 Å². The first-order valence-corrected chi connectivity index (χ1v) is 26.3. The second-order valence-electron chi connectivity index (χ2n) is 17.4. The van der Waals surface area contributed by atoms with Crippen molar-refractivity contribution < 1.29 is 23.9 Å². The van der Waals surface area contributed by atoms with Crippen LogP contribution in [0.1, 0.15) is 233 Å². The molecule has 0 aliphatic heterocycles. The molecule has 0 spiro atoms. The predicted molar refractivity (Wildman–Crippen MR) is 260 cm³/mol. The van der Waals surface area contributed by atoms with Crippen molar-refractivity contribution in [1.82, 2.24) is 15.3 Å². The van der Waals surface area contributed by atoms with Crippen LogP contribution in [0.25, 0.3) is 0 Å². The highest BCUT2D eigenvalue weighted by Crippen LogP contribution is 2.17. The van der Waals surface area contributed by atoms with E-state index in [-0.39, 0.29) is 29.4 Å². The molecule has 1 N–H and O–H groups in total. The van der Waals surface area contributed by atoms with E-state index in [4.69, 9.17) is 9.47 Å². The smallest absolute Gasteiger partial charge is 0.306 e. The van der Waals surface area contributed by atoms with Crippen molar-refractivity contribution in [1.29, 1.82) is 0 Å². The minimum Gasteiger partial charge on any atom is -0.462 e. The minimum atomic E-state index is -0.0475. The Kier molecular flexibility index (Phi) is 43.8. The average Bonchev–Trinajstić information content (AvgIpc) is 3.22. The average molecular weight is 864 g/mol. The van der Waals surface area contributed by atoms with E-state index in [0.717, 1.165) is 141 Å². The van der Waals surface area contributed by atoms with E-state index in [1.807, 2.05) is 14.1 Å². The zero-order chi connectivity index (χ0) is 44.2. The van der Waals surface area contributed by atoms with Gasteiger partial charge in [-0.05, 0) is 91.1 Å². The van der Waals surface area contributed by atoms with Crippen LogP contribution in [-0.4, -0.2) is 78.8 Å². The van der Waals surface area contributed by atoms with Crippen molar-refractivity contribution in [2.75, 3.05) is 39.5 Å². The molecule has 0 saturated carbocycles. The van der Waals surface area contributed by atoms with E-state index in [1.54, 1.807) is 0 Å². The molecular formula is C51H97N3O5S. The zero-order valence-corrected chi connectivity index (χ0v) is 41.1. The van der Waals surface area contributed by atoms with Gasteiger partial charge in [-0.3, -0.25) is 19.8 Å². The fourth-order valence-electron chi connectivity index (χ4n) is 7.20. The number of amides is 1. The number of hydrogen-bond donors (Lipinski definition) is 1. The molecule has 0 aromatic rings. The lowest BCUT2D eigenvalue weighted by molar-refractivity contribution is -0.150. The van der Waals surface area contributed by atoms with Crippen molar-refractivity contribution in [2.24, 2.45) is 0 Å². The van der Waals surface area contributed by atoms with Crippen molar-refractivity contribution in [3.8, 4) is 0 Å². The van der Waals surface area contributed by atoms with Gasteiger partial charge in [0.15, 0.2) is 0 Å². The van der Waals surface area contributed by atoms with Gasteiger partial charge in [-0.25, -0.2) is 5.01 Å². The van der Waals surface area contributed by atoms with E-state index in [9.17, 15) is 14.4 Å². The highest BCUT2D eigenvalue weighted by atomic mass is 32.2. The molecule has 0 aliphatic carbocycles. The Morgan fingerprint density at radius 3 is 1.33 bits per heavy atom. The van der Waals surface area contributed by atoms with Crippen molar-refractivity contribution in [2.45, 2.75) is 245 Å². The highest BCUT2D eigenvalue weighted by Gasteiger charge is 2.15. The molecular weight excluding hydrogens is 767 g/mol. The van der Waals surface area contributed by atoms with Crippen LogP contribution >= 0.6 is 11.8 Å². The molecule has 0 fully saturated rings. The third-order valence-electron chi connectivity index (χ3n) is 11.1. The van der Waals surface area contributed by atoms with Crippen molar-refractivity contribution in [3.63, 3.8) is 0 Å². The van der Waals surface area contributed by atoms with Gasteiger partial charge in [-0.2, -0.15) is 0 Å². The predicted octanol–water partition coefficient (Wildman–Crippen LogP) is 14.7. The van der Waals surface area contributed by atoms with Gasteiger partial charge in [0.05, 0.1) is 0 Å². The monoisotopic (exact) mass is 864 g/mol. The van der Waals surface area contributed by atoms with E-state index in [2.05, 4.69) is 67.3 Å². The normalized spacial score (nSPS) is 12.9. The van der Waals surface area contributed by atoms with E-state index >= 15 is 0 Å². The fourth-order valence-corrected chi connectivity index (χ4v) is 8.04. The van der Waals surface area contributed by atoms with Crippen LogP contribution in [0.3, 0.4) is 0 Å². The molecule has 0 rings (SSSR count). The number of unbranched alkanes of at least 4 members (excludes halogenated alkanes) is 20. The molecule has 352 valence electrons. The molecule has 0 aromatic heterocycles. The van der Waals surface area contributed by atoms with Crippen LogP contribution in [-0.2, 0) is 19.1 Å². The summed E-state index contributed by atoms with van der Waals surface area (Å²) in [5.74, 6) is 0.671. The summed E-state index contributed by atoms with van der Waals surface area (Å²) in [6.07, 6.45) is 42.9. The van der Waals surface area contributed by atoms with Gasteiger partial charge in [0.2, 0.25) is 0 Å². The molecule has 0 aromatic carbocycles. The molecule has 60 heavy (non-hydrogen) atoms. The van der Waals surface area contributed by atoms with Gasteiger partial charge in [0.25, 0.3) is 5.24 Å². The first-order valence-electron chi connectivity index (χ1n) is 25.3. The van der Waals surface area contributed by atoms with Crippen LogP contribution in [0, 0.1) is 0 Å². The van der Waals surface area contributed by atoms with Gasteiger partial charge >= 0.3 is 11.9 Å². The molecule has 2 atom stereocenters. The quantitative estimate of drug-likeness (QED) is 0.0280. The molecule has 8 nitrogen and oxygen atoms in total. The van der Waals surface area contributed by atoms with Crippen molar-refractivity contribution >= 4 is 28.9 Å². The SMILES string of the molecule is CCCCC/C=C\CC(CCCCCC)OC(=O)CCCCCCCN(CCCCCCCC(=O)OC(C/C=C\CCCCC)CCCCCC)NC(=O)SCCN(C)C. The Morgan fingerprint density at radius 2 is 0.900 bits per heavy atom. The lowest BCUT2D eigenvalue weighted by Gasteiger charge is -2.23. The van der Waals surface area contributed by atoms with Gasteiger partial charge < -0.3 is 14.4 Å². The summed E-state index contributed by atoms with van der Waals surface area (Å²) in [6.45, 7) is 11.4. The van der Waals surface area contributed by atoms with Gasteiger partial charge in [-0.15, -0.1) is 0 Å². The number of rotatable bonds is 44. The number of hydrazine groups is 1. The summed E-state index contributed by atoms with van der Waals surface area (Å²) < 4.78 is 11.9. The second-order valence-corrected chi connectivity index (χ2v) is 18.5. The van der Waals surface area contributed by atoms with Crippen LogP contribution in [0.15, 0.2) is 24.3 Å². The Morgan fingerprint density at radius 1 is 0.500 bits per heavy atom. The number of allylic oxidation sites excluding steroid dienone is 2. The third kappa shape index (κ3) is 41.5. The molecule has 0 saturated heterocycles. The molecule has 2 unspecified atom stereocenters. The van der Waals surface area contributed by atoms with Crippen LogP contribution in [0.2, 0.25) is 0 Å². The lowest BCUT2D eigenvalue weighted by Crippen LogP contribution is -2.42. The third-order valence-corrected chi connectivity index (χ3v) is 11.8. The van der Waals surface area contributed by atoms with E-state index in [1.165, 1.54) is 88.8 Å². The maximum Gasteiger partial charge on any atom is 0.306 e. The van der Waals surface area contributed by atoms with Crippen molar-refractivity contribution in [3.05, 3.63) is 24.3 Å². The number of thioether (sulfide) groups is 1. The Labute approximate surface area is 375 Å². The molecule has 0 radical (unpaired) electrons. The van der Waals surface area contributed by atoms with E-state index < -0.39 is 0 Å². The maximum atomic E-state index is 12.8. The standard InChI is InChI=1S/C51H97N3O5S/c1-7-11-15-19-23-31-39-47(37-29-17-13-9-3)58-49(55)41-33-25-21-27-35-43-54(52-51(57)60-46-45-53(5)6)44-36-28-22-26-34-42-50(56)59-48(38-30-18-14-10-4)40-32-24-20-16-12-8-2/h23-24,31-32,47-48H,7-22,25-30,33-46H2,1-6H3,(H,52,57)/b31-23-,32-24-. The summed E-state index contributed by atoms with van der Waals surface area (Å²) in [6, 6.07) is 0. The zero-order valence-electron chi connectivity index (χ0n) is 40.3. The fraction of sp³-hybridized carbons (Fsp3) is 0.863.